The molecule has 0 saturated heterocycles. The monoisotopic (exact) mass is 306 g/mol. The van der Waals surface area contributed by atoms with E-state index in [4.69, 9.17) is 14.0 Å². The van der Waals surface area contributed by atoms with Gasteiger partial charge in [0.15, 0.2) is 12.4 Å². The van der Waals surface area contributed by atoms with Gasteiger partial charge in [0.1, 0.15) is 5.75 Å². The van der Waals surface area contributed by atoms with Crippen LogP contribution in [0.25, 0.3) is 0 Å². The fourth-order valence-electron chi connectivity index (χ4n) is 1.73. The Balaban J connectivity index is 1.83. The van der Waals surface area contributed by atoms with E-state index in [0.717, 1.165) is 5.56 Å². The number of aromatic nitrogens is 2. The van der Waals surface area contributed by atoms with E-state index in [-0.39, 0.29) is 19.0 Å². The summed E-state index contributed by atoms with van der Waals surface area (Å²) < 4.78 is 20.2. The highest BCUT2D eigenvalue weighted by atomic mass is 16.5. The van der Waals surface area contributed by atoms with Gasteiger partial charge in [-0.15, -0.1) is 0 Å². The molecule has 2 aromatic rings. The number of ether oxygens (including phenoxy) is 3. The second-order valence-corrected chi connectivity index (χ2v) is 4.53. The molecule has 118 valence electrons. The van der Waals surface area contributed by atoms with Crippen LogP contribution in [-0.4, -0.2) is 36.9 Å². The lowest BCUT2D eigenvalue weighted by atomic mass is 10.1. The maximum Gasteiger partial charge on any atom is 0.309 e. The van der Waals surface area contributed by atoms with Crippen LogP contribution in [0.3, 0.4) is 0 Å². The van der Waals surface area contributed by atoms with Crippen LogP contribution in [-0.2, 0) is 33.7 Å². The fourth-order valence-corrected chi connectivity index (χ4v) is 1.73. The molecule has 0 amide bonds. The topological polar surface area (TPSA) is 83.7 Å². The number of methoxy groups -OCH3 is 2. The summed E-state index contributed by atoms with van der Waals surface area (Å²) in [5.74, 6) is 1.38. The van der Waals surface area contributed by atoms with Gasteiger partial charge in [0.25, 0.3) is 5.89 Å². The van der Waals surface area contributed by atoms with Crippen molar-refractivity contribution in [2.24, 2.45) is 0 Å². The molecule has 7 nitrogen and oxygen atoms in total. The first-order valence-electron chi connectivity index (χ1n) is 6.80. The molecule has 0 atom stereocenters. The third-order valence-corrected chi connectivity index (χ3v) is 2.90. The Morgan fingerprint density at radius 1 is 1.23 bits per heavy atom. The van der Waals surface area contributed by atoms with Crippen molar-refractivity contribution >= 4 is 5.97 Å². The molecular weight excluding hydrogens is 288 g/mol. The van der Waals surface area contributed by atoms with Gasteiger partial charge in [-0.2, -0.15) is 4.98 Å². The number of carbonyl (C=O) groups is 1. The van der Waals surface area contributed by atoms with Crippen molar-refractivity contribution in [1.29, 1.82) is 0 Å². The first-order valence-corrected chi connectivity index (χ1v) is 6.80. The summed E-state index contributed by atoms with van der Waals surface area (Å²) in [6.07, 6.45) is 0.839. The Bertz CT molecular complexity index is 594. The minimum Gasteiger partial charge on any atom is -0.484 e. The van der Waals surface area contributed by atoms with Crippen LogP contribution in [0.4, 0.5) is 0 Å². The lowest BCUT2D eigenvalue weighted by Gasteiger charge is -2.04. The van der Waals surface area contributed by atoms with Crippen molar-refractivity contribution in [3.05, 3.63) is 41.5 Å². The quantitative estimate of drug-likeness (QED) is 0.684. The molecule has 1 aromatic carbocycles. The van der Waals surface area contributed by atoms with E-state index in [1.165, 1.54) is 7.11 Å². The molecule has 0 fully saturated rings. The lowest BCUT2D eigenvalue weighted by molar-refractivity contribution is -0.139. The van der Waals surface area contributed by atoms with Crippen molar-refractivity contribution in [2.45, 2.75) is 19.4 Å². The van der Waals surface area contributed by atoms with Gasteiger partial charge >= 0.3 is 5.97 Å². The van der Waals surface area contributed by atoms with Gasteiger partial charge < -0.3 is 18.7 Å². The number of hydrogen-bond acceptors (Lipinski definition) is 7. The number of esters is 1. The molecule has 7 heteroatoms. The van der Waals surface area contributed by atoms with Crippen molar-refractivity contribution in [3.63, 3.8) is 0 Å². The Hall–Kier alpha value is -2.41. The molecule has 2 rings (SSSR count). The van der Waals surface area contributed by atoms with Crippen LogP contribution < -0.4 is 4.74 Å². The number of hydrogen-bond donors (Lipinski definition) is 0. The summed E-state index contributed by atoms with van der Waals surface area (Å²) in [4.78, 5) is 15.4. The van der Waals surface area contributed by atoms with Gasteiger partial charge in [-0.3, -0.25) is 4.79 Å². The molecule has 0 aliphatic carbocycles. The molecule has 0 unspecified atom stereocenters. The van der Waals surface area contributed by atoms with E-state index < -0.39 is 0 Å². The predicted molar refractivity (Wildman–Crippen MR) is 76.4 cm³/mol. The molecule has 22 heavy (non-hydrogen) atoms. The lowest BCUT2D eigenvalue weighted by Crippen LogP contribution is -2.04. The van der Waals surface area contributed by atoms with Gasteiger partial charge in [0.05, 0.1) is 20.1 Å². The predicted octanol–water partition coefficient (Wildman–Crippen LogP) is 1.55. The van der Waals surface area contributed by atoms with Crippen LogP contribution >= 0.6 is 0 Å². The summed E-state index contributed by atoms with van der Waals surface area (Å²) in [5.41, 5.74) is 0.860. The van der Waals surface area contributed by atoms with Gasteiger partial charge in [-0.25, -0.2) is 0 Å². The molecule has 1 heterocycles. The zero-order chi connectivity index (χ0) is 15.8. The van der Waals surface area contributed by atoms with E-state index in [1.807, 2.05) is 12.1 Å². The van der Waals surface area contributed by atoms with Crippen LogP contribution in [0.2, 0.25) is 0 Å². The maximum atomic E-state index is 11.2. The first kappa shape index (κ1) is 16.0. The highest BCUT2D eigenvalue weighted by Crippen LogP contribution is 2.14. The Kier molecular flexibility index (Phi) is 5.91. The van der Waals surface area contributed by atoms with Crippen LogP contribution in [0, 0.1) is 0 Å². The van der Waals surface area contributed by atoms with Gasteiger partial charge in [-0.05, 0) is 17.7 Å². The summed E-state index contributed by atoms with van der Waals surface area (Å²) in [5, 5.41) is 3.82. The molecule has 0 bridgehead atoms. The number of benzene rings is 1. The first-order chi connectivity index (χ1) is 10.7. The van der Waals surface area contributed by atoms with Gasteiger partial charge in [-0.1, -0.05) is 17.3 Å². The second kappa shape index (κ2) is 8.14. The van der Waals surface area contributed by atoms with Crippen molar-refractivity contribution < 1.29 is 23.5 Å². The van der Waals surface area contributed by atoms with E-state index in [2.05, 4.69) is 14.9 Å². The summed E-state index contributed by atoms with van der Waals surface area (Å²) >= 11 is 0. The molecular formula is C15H18N2O5. The average Bonchev–Trinajstić information content (AvgIpc) is 3.00. The largest absolute Gasteiger partial charge is 0.484 e. The number of nitrogens with zero attached hydrogens (tertiary/aromatic N) is 2. The highest BCUT2D eigenvalue weighted by molar-refractivity contribution is 5.72. The molecule has 0 N–H and O–H groups in total. The van der Waals surface area contributed by atoms with Crippen LogP contribution in [0.5, 0.6) is 5.75 Å². The van der Waals surface area contributed by atoms with E-state index >= 15 is 0 Å². The summed E-state index contributed by atoms with van der Waals surface area (Å²) in [7, 11) is 2.99. The van der Waals surface area contributed by atoms with Crippen LogP contribution in [0.15, 0.2) is 28.8 Å². The fraction of sp³-hybridized carbons (Fsp3) is 0.400. The van der Waals surface area contributed by atoms with Crippen molar-refractivity contribution in [2.75, 3.05) is 20.8 Å². The normalized spacial score (nSPS) is 10.5. The molecule has 0 aliphatic heterocycles. The van der Waals surface area contributed by atoms with Crippen molar-refractivity contribution in [3.8, 4) is 5.75 Å². The summed E-state index contributed by atoms with van der Waals surface area (Å²) in [6.45, 7) is 0.734. The molecule has 1 aromatic heterocycles. The molecule has 0 spiro atoms. The SMILES string of the molecule is COCCc1noc(COc2ccc(CC(=O)OC)cc2)n1. The Morgan fingerprint density at radius 2 is 2.00 bits per heavy atom. The maximum absolute atomic E-state index is 11.2. The zero-order valence-corrected chi connectivity index (χ0v) is 12.6. The highest BCUT2D eigenvalue weighted by Gasteiger charge is 2.07. The zero-order valence-electron chi connectivity index (χ0n) is 12.6. The third-order valence-electron chi connectivity index (χ3n) is 2.90. The minimum absolute atomic E-state index is 0.191. The van der Waals surface area contributed by atoms with Gasteiger partial charge in [0.2, 0.25) is 0 Å². The number of rotatable bonds is 8. The second-order valence-electron chi connectivity index (χ2n) is 4.53. The Labute approximate surface area is 128 Å². The standard InChI is InChI=1S/C15H18N2O5/c1-19-8-7-13-16-14(22-17-13)10-21-12-5-3-11(4-6-12)9-15(18)20-2/h3-6H,7-10H2,1-2H3. The van der Waals surface area contributed by atoms with Crippen LogP contribution in [0.1, 0.15) is 17.3 Å². The van der Waals surface area contributed by atoms with Crippen molar-refractivity contribution in [1.82, 2.24) is 10.1 Å². The summed E-state index contributed by atoms with van der Waals surface area (Å²) in [6, 6.07) is 7.18. The minimum atomic E-state index is -0.275. The van der Waals surface area contributed by atoms with E-state index in [1.54, 1.807) is 19.2 Å². The molecule has 0 aliphatic rings. The smallest absolute Gasteiger partial charge is 0.309 e. The van der Waals surface area contributed by atoms with E-state index in [9.17, 15) is 4.79 Å². The molecule has 0 saturated carbocycles. The Morgan fingerprint density at radius 3 is 2.68 bits per heavy atom. The molecule has 0 radical (unpaired) electrons. The van der Waals surface area contributed by atoms with E-state index in [0.29, 0.717) is 30.5 Å². The average molecular weight is 306 g/mol. The third kappa shape index (κ3) is 4.85. The van der Waals surface area contributed by atoms with Gasteiger partial charge in [0, 0.05) is 13.5 Å². The number of carbonyl (C=O) groups excluding carboxylic acids is 1.